The second-order valence-electron chi connectivity index (χ2n) is 6.39. The first-order valence-electron chi connectivity index (χ1n) is 7.61. The van der Waals surface area contributed by atoms with Crippen molar-refractivity contribution in [3.05, 3.63) is 0 Å². The minimum atomic E-state index is 0.542. The van der Waals surface area contributed by atoms with Crippen LogP contribution in [-0.2, 0) is 0 Å². The Kier molecular flexibility index (Phi) is 5.23. The molecule has 1 saturated heterocycles. The molecule has 0 aromatic rings. The maximum absolute atomic E-state index is 4.68. The highest BCUT2D eigenvalue weighted by atomic mass is 32.1. The summed E-state index contributed by atoms with van der Waals surface area (Å²) in [5, 5.41) is 0. The molecular weight excluding hydrogens is 226 g/mol. The molecule has 0 N–H and O–H groups in total. The molecular formula is C15H29NS. The lowest BCUT2D eigenvalue weighted by Crippen LogP contribution is -2.44. The summed E-state index contributed by atoms with van der Waals surface area (Å²) in [7, 11) is 0. The molecule has 1 saturated carbocycles. The van der Waals surface area contributed by atoms with Crippen LogP contribution in [0.4, 0.5) is 0 Å². The highest BCUT2D eigenvalue weighted by Gasteiger charge is 2.34. The number of hydrogen-bond donors (Lipinski definition) is 1. The van der Waals surface area contributed by atoms with E-state index < -0.39 is 0 Å². The van der Waals surface area contributed by atoms with Gasteiger partial charge < -0.3 is 4.90 Å². The molecule has 0 aromatic heterocycles. The van der Waals surface area contributed by atoms with E-state index in [4.69, 9.17) is 0 Å². The van der Waals surface area contributed by atoms with Gasteiger partial charge in [0.2, 0.25) is 0 Å². The highest BCUT2D eigenvalue weighted by molar-refractivity contribution is 7.80. The van der Waals surface area contributed by atoms with E-state index in [1.165, 1.54) is 70.9 Å². The molecule has 0 spiro atoms. The van der Waals surface area contributed by atoms with E-state index in [1.54, 1.807) is 0 Å². The topological polar surface area (TPSA) is 3.24 Å². The van der Waals surface area contributed by atoms with Crippen molar-refractivity contribution in [1.29, 1.82) is 0 Å². The van der Waals surface area contributed by atoms with Gasteiger partial charge in [-0.25, -0.2) is 0 Å². The largest absolute Gasteiger partial charge is 0.300 e. The van der Waals surface area contributed by atoms with Crippen molar-refractivity contribution >= 4 is 12.6 Å². The summed E-state index contributed by atoms with van der Waals surface area (Å²) in [5.74, 6) is 1.09. The van der Waals surface area contributed by atoms with Crippen LogP contribution in [0, 0.1) is 5.41 Å². The van der Waals surface area contributed by atoms with Gasteiger partial charge in [0.1, 0.15) is 0 Å². The Hall–Kier alpha value is 0.310. The molecule has 1 heterocycles. The Morgan fingerprint density at radius 1 is 1.06 bits per heavy atom. The van der Waals surface area contributed by atoms with Crippen LogP contribution in [0.25, 0.3) is 0 Å². The monoisotopic (exact) mass is 255 g/mol. The van der Waals surface area contributed by atoms with Gasteiger partial charge in [0.05, 0.1) is 0 Å². The number of rotatable bonds is 3. The second-order valence-corrected chi connectivity index (χ2v) is 6.70. The SMILES string of the molecule is CC1CCCCCN1CC1(CS)CCCCC1. The number of thiol groups is 1. The molecule has 1 nitrogen and oxygen atoms in total. The molecule has 1 aliphatic carbocycles. The van der Waals surface area contributed by atoms with Crippen molar-refractivity contribution in [3.63, 3.8) is 0 Å². The molecule has 1 aliphatic heterocycles. The summed E-state index contributed by atoms with van der Waals surface area (Å²) < 4.78 is 0. The minimum Gasteiger partial charge on any atom is -0.300 e. The molecule has 1 unspecified atom stereocenters. The van der Waals surface area contributed by atoms with Crippen LogP contribution < -0.4 is 0 Å². The van der Waals surface area contributed by atoms with Gasteiger partial charge in [-0.05, 0) is 50.3 Å². The van der Waals surface area contributed by atoms with Crippen LogP contribution in [0.15, 0.2) is 0 Å². The fourth-order valence-electron chi connectivity index (χ4n) is 3.67. The molecule has 0 radical (unpaired) electrons. The van der Waals surface area contributed by atoms with Gasteiger partial charge in [-0.3, -0.25) is 0 Å². The summed E-state index contributed by atoms with van der Waals surface area (Å²) in [4.78, 5) is 2.77. The van der Waals surface area contributed by atoms with Crippen molar-refractivity contribution in [2.45, 2.75) is 70.8 Å². The minimum absolute atomic E-state index is 0.542. The highest BCUT2D eigenvalue weighted by Crippen LogP contribution is 2.38. The normalized spacial score (nSPS) is 31.1. The predicted octanol–water partition coefficient (Wildman–Crippen LogP) is 4.13. The zero-order valence-corrected chi connectivity index (χ0v) is 12.4. The Labute approximate surface area is 113 Å². The van der Waals surface area contributed by atoms with Crippen LogP contribution >= 0.6 is 12.6 Å². The third-order valence-electron chi connectivity index (χ3n) is 4.98. The van der Waals surface area contributed by atoms with Crippen molar-refractivity contribution in [3.8, 4) is 0 Å². The lowest BCUT2D eigenvalue weighted by Gasteiger charge is -2.42. The van der Waals surface area contributed by atoms with Gasteiger partial charge in [0, 0.05) is 12.6 Å². The van der Waals surface area contributed by atoms with Gasteiger partial charge in [-0.2, -0.15) is 12.6 Å². The summed E-state index contributed by atoms with van der Waals surface area (Å²) in [5.41, 5.74) is 0.542. The van der Waals surface area contributed by atoms with Crippen molar-refractivity contribution < 1.29 is 0 Å². The molecule has 1 atom stereocenters. The Bertz CT molecular complexity index is 223. The molecule has 2 aliphatic rings. The van der Waals surface area contributed by atoms with E-state index in [2.05, 4.69) is 24.5 Å². The molecule has 0 bridgehead atoms. The quantitative estimate of drug-likeness (QED) is 0.742. The van der Waals surface area contributed by atoms with Crippen molar-refractivity contribution in [2.75, 3.05) is 18.8 Å². The fraction of sp³-hybridized carbons (Fsp3) is 1.00. The zero-order valence-electron chi connectivity index (χ0n) is 11.5. The van der Waals surface area contributed by atoms with Crippen molar-refractivity contribution in [1.82, 2.24) is 4.90 Å². The van der Waals surface area contributed by atoms with Gasteiger partial charge in [-0.15, -0.1) is 0 Å². The Morgan fingerprint density at radius 2 is 1.76 bits per heavy atom. The van der Waals surface area contributed by atoms with Crippen LogP contribution in [-0.4, -0.2) is 29.8 Å². The van der Waals surface area contributed by atoms with Crippen molar-refractivity contribution in [2.24, 2.45) is 5.41 Å². The van der Waals surface area contributed by atoms with E-state index >= 15 is 0 Å². The van der Waals surface area contributed by atoms with E-state index in [1.807, 2.05) is 0 Å². The predicted molar refractivity (Wildman–Crippen MR) is 78.9 cm³/mol. The number of likely N-dealkylation sites (tertiary alicyclic amines) is 1. The Balaban J connectivity index is 1.95. The van der Waals surface area contributed by atoms with Crippen LogP contribution in [0.2, 0.25) is 0 Å². The fourth-order valence-corrected chi connectivity index (χ4v) is 4.08. The molecule has 0 amide bonds. The first-order chi connectivity index (χ1) is 8.26. The first kappa shape index (κ1) is 13.7. The Morgan fingerprint density at radius 3 is 2.47 bits per heavy atom. The third-order valence-corrected chi connectivity index (χ3v) is 5.65. The summed E-state index contributed by atoms with van der Waals surface area (Å²) in [6.07, 6.45) is 12.8. The lowest BCUT2D eigenvalue weighted by atomic mass is 9.75. The first-order valence-corrected chi connectivity index (χ1v) is 8.24. The standard InChI is InChI=1S/C15H29NS/c1-14-8-4-2-7-11-16(14)12-15(13-17)9-5-3-6-10-15/h14,17H,2-13H2,1H3. The zero-order chi connectivity index (χ0) is 12.1. The molecule has 100 valence electrons. The number of nitrogens with zero attached hydrogens (tertiary/aromatic N) is 1. The molecule has 17 heavy (non-hydrogen) atoms. The van der Waals surface area contributed by atoms with E-state index in [-0.39, 0.29) is 0 Å². The van der Waals surface area contributed by atoms with Crippen LogP contribution in [0.5, 0.6) is 0 Å². The van der Waals surface area contributed by atoms with Crippen LogP contribution in [0.3, 0.4) is 0 Å². The smallest absolute Gasteiger partial charge is 0.00671 e. The van der Waals surface area contributed by atoms with Gasteiger partial charge in [0.25, 0.3) is 0 Å². The third kappa shape index (κ3) is 3.64. The average molecular weight is 255 g/mol. The maximum atomic E-state index is 4.68. The van der Waals surface area contributed by atoms with Gasteiger partial charge >= 0.3 is 0 Å². The molecule has 2 heteroatoms. The van der Waals surface area contributed by atoms with E-state index in [9.17, 15) is 0 Å². The summed E-state index contributed by atoms with van der Waals surface area (Å²) >= 11 is 4.68. The molecule has 0 aromatic carbocycles. The lowest BCUT2D eigenvalue weighted by molar-refractivity contribution is 0.100. The molecule has 2 rings (SSSR count). The maximum Gasteiger partial charge on any atom is 0.00671 e. The number of hydrogen-bond acceptors (Lipinski definition) is 2. The summed E-state index contributed by atoms with van der Waals surface area (Å²) in [6, 6.07) is 0.802. The van der Waals surface area contributed by atoms with Crippen LogP contribution in [0.1, 0.15) is 64.7 Å². The van der Waals surface area contributed by atoms with E-state index in [0.29, 0.717) is 5.41 Å². The summed E-state index contributed by atoms with van der Waals surface area (Å²) in [6.45, 7) is 5.08. The average Bonchev–Trinajstić information content (AvgIpc) is 2.56. The molecule has 2 fully saturated rings. The van der Waals surface area contributed by atoms with Gasteiger partial charge in [-0.1, -0.05) is 32.1 Å². The second kappa shape index (κ2) is 6.47. The van der Waals surface area contributed by atoms with Gasteiger partial charge in [0.15, 0.2) is 0 Å². The van der Waals surface area contributed by atoms with E-state index in [0.717, 1.165) is 11.8 Å².